The van der Waals surface area contributed by atoms with Crippen LogP contribution in [0.25, 0.3) is 28.1 Å². The number of carbonyl (C=O) groups is 1. The highest BCUT2D eigenvalue weighted by molar-refractivity contribution is 6.00. The van der Waals surface area contributed by atoms with E-state index in [0.29, 0.717) is 5.65 Å². The molecule has 0 atom stereocenters. The van der Waals surface area contributed by atoms with Gasteiger partial charge in [-0.15, -0.1) is 0 Å². The number of carboxylic acids is 1. The Morgan fingerprint density at radius 3 is 2.91 bits per heavy atom. The second-order valence-corrected chi connectivity index (χ2v) is 4.82. The van der Waals surface area contributed by atoms with Crippen molar-refractivity contribution >= 4 is 22.6 Å². The van der Waals surface area contributed by atoms with E-state index >= 15 is 0 Å². The van der Waals surface area contributed by atoms with Crippen molar-refractivity contribution in [2.75, 3.05) is 0 Å². The van der Waals surface area contributed by atoms with E-state index in [9.17, 15) is 13.6 Å². The molecule has 0 aliphatic heterocycles. The third kappa shape index (κ3) is 1.94. The molecule has 0 spiro atoms. The smallest absolute Gasteiger partial charge is 0.339 e. The lowest BCUT2D eigenvalue weighted by atomic mass is 10.2. The van der Waals surface area contributed by atoms with Crippen LogP contribution in [0.3, 0.4) is 0 Å². The minimum Gasteiger partial charge on any atom is -0.478 e. The average Bonchev–Trinajstić information content (AvgIpc) is 3.09. The number of aromatic carboxylic acids is 1. The highest BCUT2D eigenvalue weighted by atomic mass is 19.1. The average molecular weight is 315 g/mol. The predicted molar refractivity (Wildman–Crippen MR) is 75.0 cm³/mol. The molecule has 2 N–H and O–H groups in total. The zero-order chi connectivity index (χ0) is 16.1. The Labute approximate surface area is 126 Å². The van der Waals surface area contributed by atoms with Crippen molar-refractivity contribution < 1.29 is 18.7 Å². The highest BCUT2D eigenvalue weighted by Crippen LogP contribution is 2.26. The molecule has 4 aromatic rings. The van der Waals surface area contributed by atoms with Crippen LogP contribution in [0.15, 0.2) is 31.0 Å². The van der Waals surface area contributed by atoms with Crippen molar-refractivity contribution in [3.05, 3.63) is 48.2 Å². The van der Waals surface area contributed by atoms with Gasteiger partial charge in [0.05, 0.1) is 6.20 Å². The molecule has 0 aromatic carbocycles. The fourth-order valence-corrected chi connectivity index (χ4v) is 2.41. The number of nitrogens with one attached hydrogen (secondary N) is 1. The number of aromatic nitrogens is 5. The summed E-state index contributed by atoms with van der Waals surface area (Å²) in [6, 6.07) is 0.742. The van der Waals surface area contributed by atoms with Crippen LogP contribution in [0.1, 0.15) is 10.4 Å². The summed E-state index contributed by atoms with van der Waals surface area (Å²) < 4.78 is 28.5. The molecule has 4 aromatic heterocycles. The first-order chi connectivity index (χ1) is 11.0. The van der Waals surface area contributed by atoms with E-state index in [0.717, 1.165) is 12.3 Å². The number of fused-ring (bicyclic) bond motifs is 2. The van der Waals surface area contributed by atoms with Crippen LogP contribution in [-0.4, -0.2) is 35.4 Å². The molecule has 114 valence electrons. The normalized spacial score (nSPS) is 11.4. The molecule has 7 nitrogen and oxygen atoms in total. The Hall–Kier alpha value is -3.36. The molecule has 0 radical (unpaired) electrons. The minimum atomic E-state index is -1.16. The number of aromatic amines is 1. The standard InChI is InChI=1S/C14H7F2N5O2/c15-6-1-8(16)12-11(19-5-21(12)4-6)9-3-18-13-10(20-9)7(2-17-13)14(22)23/h1-5H,(H,17,18)(H,22,23). The lowest BCUT2D eigenvalue weighted by molar-refractivity contribution is 0.0699. The van der Waals surface area contributed by atoms with Gasteiger partial charge in [-0.3, -0.25) is 0 Å². The fourth-order valence-electron chi connectivity index (χ4n) is 2.41. The highest BCUT2D eigenvalue weighted by Gasteiger charge is 2.18. The minimum absolute atomic E-state index is 0.0347. The van der Waals surface area contributed by atoms with Gasteiger partial charge in [-0.25, -0.2) is 28.5 Å². The molecule has 0 fully saturated rings. The van der Waals surface area contributed by atoms with Crippen LogP contribution in [-0.2, 0) is 0 Å². The monoisotopic (exact) mass is 315 g/mol. The van der Waals surface area contributed by atoms with E-state index in [1.54, 1.807) is 0 Å². The van der Waals surface area contributed by atoms with Gasteiger partial charge in [0.25, 0.3) is 0 Å². The lowest BCUT2D eigenvalue weighted by Gasteiger charge is -2.01. The van der Waals surface area contributed by atoms with E-state index in [-0.39, 0.29) is 28.0 Å². The number of imidazole rings is 1. The quantitative estimate of drug-likeness (QED) is 0.591. The summed E-state index contributed by atoms with van der Waals surface area (Å²) in [5, 5.41) is 9.13. The molecular weight excluding hydrogens is 308 g/mol. The fraction of sp³-hybridized carbons (Fsp3) is 0. The third-order valence-electron chi connectivity index (χ3n) is 3.40. The zero-order valence-electron chi connectivity index (χ0n) is 11.3. The second kappa shape index (κ2) is 4.57. The van der Waals surface area contributed by atoms with Gasteiger partial charge in [-0.05, 0) is 0 Å². The molecule has 0 bridgehead atoms. The van der Waals surface area contributed by atoms with Gasteiger partial charge in [0.15, 0.2) is 11.5 Å². The van der Waals surface area contributed by atoms with Gasteiger partial charge < -0.3 is 14.5 Å². The zero-order valence-corrected chi connectivity index (χ0v) is 11.3. The van der Waals surface area contributed by atoms with E-state index < -0.39 is 17.6 Å². The number of halogens is 2. The van der Waals surface area contributed by atoms with Crippen molar-refractivity contribution in [2.45, 2.75) is 0 Å². The van der Waals surface area contributed by atoms with Crippen molar-refractivity contribution in [1.82, 2.24) is 24.3 Å². The Balaban J connectivity index is 1.99. The number of carboxylic acid groups (broad SMARTS) is 1. The summed E-state index contributed by atoms with van der Waals surface area (Å²) in [6.45, 7) is 0. The Morgan fingerprint density at radius 2 is 2.13 bits per heavy atom. The maximum Gasteiger partial charge on any atom is 0.339 e. The van der Waals surface area contributed by atoms with E-state index in [4.69, 9.17) is 5.11 Å². The molecule has 0 saturated heterocycles. The molecule has 0 saturated carbocycles. The van der Waals surface area contributed by atoms with E-state index in [2.05, 4.69) is 19.9 Å². The SMILES string of the molecule is O=C(O)c1c[nH]c2ncc(-c3ncn4cc(F)cc(F)c34)nc12. The molecule has 0 aliphatic rings. The molecule has 23 heavy (non-hydrogen) atoms. The van der Waals surface area contributed by atoms with Crippen molar-refractivity contribution in [3.63, 3.8) is 0 Å². The summed E-state index contributed by atoms with van der Waals surface area (Å²) in [7, 11) is 0. The number of hydrogen-bond donors (Lipinski definition) is 2. The predicted octanol–water partition coefficient (Wildman–Crippen LogP) is 2.25. The Bertz CT molecular complexity index is 1090. The first-order valence-electron chi connectivity index (χ1n) is 6.44. The van der Waals surface area contributed by atoms with Crippen LogP contribution >= 0.6 is 0 Å². The van der Waals surface area contributed by atoms with Gasteiger partial charge in [0, 0.05) is 18.5 Å². The first kappa shape index (κ1) is 13.3. The van der Waals surface area contributed by atoms with Crippen LogP contribution in [0.2, 0.25) is 0 Å². The van der Waals surface area contributed by atoms with E-state index in [1.165, 1.54) is 23.1 Å². The van der Waals surface area contributed by atoms with Crippen LogP contribution in [0.4, 0.5) is 8.78 Å². The molecule has 0 amide bonds. The summed E-state index contributed by atoms with van der Waals surface area (Å²) in [6.07, 6.45) is 4.95. The summed E-state index contributed by atoms with van der Waals surface area (Å²) in [5.41, 5.74) is 0.749. The van der Waals surface area contributed by atoms with E-state index in [1.807, 2.05) is 0 Å². The molecule has 4 heterocycles. The summed E-state index contributed by atoms with van der Waals surface area (Å²) in [5.74, 6) is -2.70. The number of rotatable bonds is 2. The number of hydrogen-bond acceptors (Lipinski definition) is 4. The van der Waals surface area contributed by atoms with Crippen LogP contribution in [0.5, 0.6) is 0 Å². The second-order valence-electron chi connectivity index (χ2n) is 4.82. The maximum atomic E-state index is 14.0. The topological polar surface area (TPSA) is 96.2 Å². The Kier molecular flexibility index (Phi) is 2.64. The number of pyridine rings is 1. The van der Waals surface area contributed by atoms with Crippen LogP contribution in [0, 0.1) is 11.6 Å². The summed E-state index contributed by atoms with van der Waals surface area (Å²) in [4.78, 5) is 26.2. The largest absolute Gasteiger partial charge is 0.478 e. The molecule has 9 heteroatoms. The number of nitrogens with zero attached hydrogens (tertiary/aromatic N) is 4. The molecule has 0 aliphatic carbocycles. The maximum absolute atomic E-state index is 14.0. The molecule has 4 rings (SSSR count). The number of H-pyrrole nitrogens is 1. The van der Waals surface area contributed by atoms with Crippen molar-refractivity contribution in [3.8, 4) is 11.4 Å². The first-order valence-corrected chi connectivity index (χ1v) is 6.44. The molecule has 0 unspecified atom stereocenters. The van der Waals surface area contributed by atoms with Gasteiger partial charge in [-0.1, -0.05) is 0 Å². The summed E-state index contributed by atoms with van der Waals surface area (Å²) >= 11 is 0. The van der Waals surface area contributed by atoms with Crippen LogP contribution < -0.4 is 0 Å². The lowest BCUT2D eigenvalue weighted by Crippen LogP contribution is -1.97. The van der Waals surface area contributed by atoms with Gasteiger partial charge >= 0.3 is 5.97 Å². The Morgan fingerprint density at radius 1 is 1.30 bits per heavy atom. The van der Waals surface area contributed by atoms with Gasteiger partial charge in [-0.2, -0.15) is 0 Å². The third-order valence-corrected chi connectivity index (χ3v) is 3.40. The van der Waals surface area contributed by atoms with Crippen molar-refractivity contribution in [1.29, 1.82) is 0 Å². The van der Waals surface area contributed by atoms with Gasteiger partial charge in [0.1, 0.15) is 40.1 Å². The van der Waals surface area contributed by atoms with Gasteiger partial charge in [0.2, 0.25) is 0 Å². The van der Waals surface area contributed by atoms with Crippen molar-refractivity contribution in [2.24, 2.45) is 0 Å². The molecular formula is C14H7F2N5O2.